The number of aromatic nitrogens is 1. The molecule has 3 N–H and O–H groups in total. The van der Waals surface area contributed by atoms with Gasteiger partial charge in [0.1, 0.15) is 17.5 Å². The molecule has 0 spiro atoms. The molecule has 53 heavy (non-hydrogen) atoms. The van der Waals surface area contributed by atoms with E-state index in [1.807, 2.05) is 24.3 Å². The lowest BCUT2D eigenvalue weighted by molar-refractivity contribution is -0.131. The first kappa shape index (κ1) is 36.4. The van der Waals surface area contributed by atoms with Crippen molar-refractivity contribution in [1.29, 1.82) is 0 Å². The maximum atomic E-state index is 16.0. The molecule has 0 saturated heterocycles. The average molecular weight is 721 g/mol. The van der Waals surface area contributed by atoms with Crippen molar-refractivity contribution in [2.75, 3.05) is 19.0 Å². The fourth-order valence-electron chi connectivity index (χ4n) is 8.62. The number of anilines is 1. The van der Waals surface area contributed by atoms with Crippen LogP contribution < -0.4 is 15.4 Å². The summed E-state index contributed by atoms with van der Waals surface area (Å²) >= 11 is 0. The number of rotatable bonds is 9. The smallest absolute Gasteiger partial charge is 0.328 e. The van der Waals surface area contributed by atoms with Crippen LogP contribution in [0.25, 0.3) is 28.2 Å². The number of halogens is 1. The van der Waals surface area contributed by atoms with Crippen molar-refractivity contribution in [3.63, 3.8) is 0 Å². The van der Waals surface area contributed by atoms with Gasteiger partial charge in [-0.2, -0.15) is 0 Å². The highest BCUT2D eigenvalue weighted by atomic mass is 19.1. The Kier molecular flexibility index (Phi) is 10.4. The van der Waals surface area contributed by atoms with Gasteiger partial charge in [-0.15, -0.1) is 0 Å². The van der Waals surface area contributed by atoms with Gasteiger partial charge in [0, 0.05) is 65.4 Å². The number of carbonyl (C=O) groups is 3. The van der Waals surface area contributed by atoms with Crippen LogP contribution in [0.5, 0.6) is 5.75 Å². The maximum absolute atomic E-state index is 16.0. The zero-order valence-corrected chi connectivity index (χ0v) is 30.8. The Morgan fingerprint density at radius 2 is 1.72 bits per heavy atom. The van der Waals surface area contributed by atoms with E-state index >= 15 is 4.39 Å². The van der Waals surface area contributed by atoms with Crippen LogP contribution >= 0.6 is 0 Å². The number of nitrogens with zero attached hydrogens (tertiary/aromatic N) is 2. The van der Waals surface area contributed by atoms with Crippen LogP contribution in [0.15, 0.2) is 66.7 Å². The minimum atomic E-state index is -1.08. The highest BCUT2D eigenvalue weighted by molar-refractivity contribution is 6.06. The van der Waals surface area contributed by atoms with Crippen LogP contribution in [0.3, 0.4) is 0 Å². The van der Waals surface area contributed by atoms with Gasteiger partial charge in [-0.1, -0.05) is 43.9 Å². The van der Waals surface area contributed by atoms with Crippen LogP contribution in [0.1, 0.15) is 98.2 Å². The zero-order valence-electron chi connectivity index (χ0n) is 30.8. The van der Waals surface area contributed by atoms with Crippen molar-refractivity contribution < 1.29 is 28.6 Å². The second kappa shape index (κ2) is 15.2. The molecule has 1 aromatic heterocycles. The summed E-state index contributed by atoms with van der Waals surface area (Å²) < 4.78 is 23.9. The van der Waals surface area contributed by atoms with Crippen molar-refractivity contribution in [3.8, 4) is 17.0 Å². The minimum absolute atomic E-state index is 0.245. The van der Waals surface area contributed by atoms with Gasteiger partial charge in [0.25, 0.3) is 5.91 Å². The second-order valence-electron chi connectivity index (χ2n) is 15.1. The average Bonchev–Trinajstić information content (AvgIpc) is 3.74. The number of hydrogen-bond donors (Lipinski definition) is 3. The van der Waals surface area contributed by atoms with Crippen molar-refractivity contribution >= 4 is 40.4 Å². The lowest BCUT2D eigenvalue weighted by Crippen LogP contribution is -2.55. The number of benzene rings is 3. The molecule has 2 atom stereocenters. The van der Waals surface area contributed by atoms with Gasteiger partial charge in [0.05, 0.1) is 12.8 Å². The molecule has 0 bridgehead atoms. The molecule has 278 valence electrons. The van der Waals surface area contributed by atoms with Crippen LogP contribution in [-0.4, -0.2) is 63.8 Å². The van der Waals surface area contributed by atoms with E-state index in [0.717, 1.165) is 90.3 Å². The van der Waals surface area contributed by atoms with Crippen LogP contribution in [0.2, 0.25) is 0 Å². The highest BCUT2D eigenvalue weighted by Crippen LogP contribution is 2.47. The number of nitrogens with one attached hydrogen (secondary N) is 2. The summed E-state index contributed by atoms with van der Waals surface area (Å²) in [5.74, 6) is -1.10. The van der Waals surface area contributed by atoms with Gasteiger partial charge in [-0.05, 0) is 105 Å². The molecule has 3 aliphatic rings. The van der Waals surface area contributed by atoms with Crippen molar-refractivity contribution in [1.82, 2.24) is 14.8 Å². The molecular weight excluding hydrogens is 671 g/mol. The Hall–Kier alpha value is -4.96. The first-order valence-corrected chi connectivity index (χ1v) is 18.9. The van der Waals surface area contributed by atoms with Gasteiger partial charge in [0.2, 0.25) is 5.91 Å². The van der Waals surface area contributed by atoms with E-state index in [1.54, 1.807) is 31.4 Å². The Balaban J connectivity index is 1.26. The Morgan fingerprint density at radius 3 is 2.42 bits per heavy atom. The number of carbonyl (C=O) groups excluding carboxylic acids is 2. The van der Waals surface area contributed by atoms with Crippen LogP contribution in [0, 0.1) is 0 Å². The summed E-state index contributed by atoms with van der Waals surface area (Å²) in [4.78, 5) is 41.4. The first-order chi connectivity index (χ1) is 25.6. The van der Waals surface area contributed by atoms with E-state index in [1.165, 1.54) is 6.08 Å². The molecule has 2 heterocycles. The van der Waals surface area contributed by atoms with Gasteiger partial charge in [0.15, 0.2) is 0 Å². The third-order valence-corrected chi connectivity index (χ3v) is 11.5. The topological polar surface area (TPSA) is 113 Å². The number of aliphatic carboxylic acids is 1. The Bertz CT molecular complexity index is 2050. The number of amides is 2. The van der Waals surface area contributed by atoms with Crippen LogP contribution in [0.4, 0.5) is 10.1 Å². The normalized spacial score (nSPS) is 20.1. The fraction of sp³-hybridized carbons (Fsp3) is 0.419. The number of hydrogen-bond acceptors (Lipinski definition) is 5. The van der Waals surface area contributed by atoms with Gasteiger partial charge in [-0.3, -0.25) is 14.5 Å². The molecule has 2 saturated carbocycles. The molecule has 0 radical (unpaired) electrons. The first-order valence-electron chi connectivity index (χ1n) is 18.9. The molecule has 2 amide bonds. The third-order valence-electron chi connectivity index (χ3n) is 11.5. The summed E-state index contributed by atoms with van der Waals surface area (Å²) in [7, 11) is 1.68. The number of methoxy groups -OCH3 is 1. The van der Waals surface area contributed by atoms with E-state index in [9.17, 15) is 14.4 Å². The maximum Gasteiger partial charge on any atom is 0.328 e. The SMILES string of the molecule is COc1ccc2c(c1)CN(C(C)C)CCn1c-2c([C@@H]2CCCC[C@H]2F)c2ccc(C(=O)NC3(C(=O)Nc4ccc(/C=C/C(=O)O)cc4)CCCC3)cc21. The zero-order chi connectivity index (χ0) is 37.3. The molecule has 7 rings (SSSR count). The summed E-state index contributed by atoms with van der Waals surface area (Å²) in [5.41, 5.74) is 5.79. The number of carboxylic acid groups (broad SMARTS) is 1. The van der Waals surface area contributed by atoms with Crippen molar-refractivity contribution in [2.45, 2.75) is 102 Å². The predicted octanol–water partition coefficient (Wildman–Crippen LogP) is 8.32. The number of fused-ring (bicyclic) bond motifs is 5. The standard InChI is InChI=1S/C43H49FN4O5/c1-27(2)47-22-23-48-37-25-29(41(51)46-43(20-6-7-21-43)42(52)45-31-14-10-28(11-15-31)12-19-38(49)50)13-17-35(37)39(34-8-4-5-9-36(34)44)40(48)33-18-16-32(53-3)24-30(33)26-47/h10-19,24-25,27,34,36H,4-9,20-23,26H2,1-3H3,(H,45,52)(H,46,51)(H,49,50)/b19-12+/t34-,36-/m1/s1. The number of ether oxygens (including phenoxy) is 1. The van der Waals surface area contributed by atoms with Crippen molar-refractivity contribution in [2.24, 2.45) is 0 Å². The summed E-state index contributed by atoms with van der Waals surface area (Å²) in [6.07, 6.45) is 7.44. The highest BCUT2D eigenvalue weighted by Gasteiger charge is 2.43. The van der Waals surface area contributed by atoms with Gasteiger partial charge in [-0.25, -0.2) is 9.18 Å². The molecule has 10 heteroatoms. The second-order valence-corrected chi connectivity index (χ2v) is 15.1. The summed E-state index contributed by atoms with van der Waals surface area (Å²) in [5, 5.41) is 16.0. The van der Waals surface area contributed by atoms with Gasteiger partial charge >= 0.3 is 5.97 Å². The minimum Gasteiger partial charge on any atom is -0.497 e. The van der Waals surface area contributed by atoms with Gasteiger partial charge < -0.3 is 25.0 Å². The Morgan fingerprint density at radius 1 is 0.962 bits per heavy atom. The largest absolute Gasteiger partial charge is 0.497 e. The molecule has 0 unspecified atom stereocenters. The third kappa shape index (κ3) is 7.34. The molecule has 4 aromatic rings. The lowest BCUT2D eigenvalue weighted by atomic mass is 9.80. The summed E-state index contributed by atoms with van der Waals surface area (Å²) in [6.45, 7) is 6.61. The number of carboxylic acids is 1. The number of alkyl halides is 1. The lowest BCUT2D eigenvalue weighted by Gasteiger charge is -2.32. The molecular formula is C43H49FN4O5. The van der Waals surface area contributed by atoms with E-state index in [0.29, 0.717) is 48.7 Å². The fourth-order valence-corrected chi connectivity index (χ4v) is 8.62. The Labute approximate surface area is 310 Å². The van der Waals surface area contributed by atoms with E-state index in [-0.39, 0.29) is 17.7 Å². The van der Waals surface area contributed by atoms with E-state index in [4.69, 9.17) is 9.84 Å². The van der Waals surface area contributed by atoms with E-state index < -0.39 is 17.7 Å². The monoisotopic (exact) mass is 720 g/mol. The van der Waals surface area contributed by atoms with Crippen LogP contribution in [-0.2, 0) is 22.7 Å². The molecule has 2 aliphatic carbocycles. The van der Waals surface area contributed by atoms with E-state index in [2.05, 4.69) is 46.1 Å². The quantitative estimate of drug-likeness (QED) is 0.150. The van der Waals surface area contributed by atoms with Crippen molar-refractivity contribution in [3.05, 3.63) is 89.0 Å². The molecule has 9 nitrogen and oxygen atoms in total. The predicted molar refractivity (Wildman–Crippen MR) is 206 cm³/mol. The summed E-state index contributed by atoms with van der Waals surface area (Å²) in [6, 6.07) is 19.1. The molecule has 3 aromatic carbocycles. The molecule has 2 fully saturated rings. The molecule has 1 aliphatic heterocycles.